The van der Waals surface area contributed by atoms with Gasteiger partial charge in [0.2, 0.25) is 0 Å². The van der Waals surface area contributed by atoms with E-state index in [-0.39, 0.29) is 5.56 Å². The van der Waals surface area contributed by atoms with Gasteiger partial charge in [-0.25, -0.2) is 4.52 Å². The van der Waals surface area contributed by atoms with Crippen LogP contribution in [0.1, 0.15) is 23.7 Å². The fourth-order valence-corrected chi connectivity index (χ4v) is 1.73. The molecule has 4 nitrogen and oxygen atoms in total. The highest BCUT2D eigenvalue weighted by atomic mass is 16.1. The maximum Gasteiger partial charge on any atom is 0.254 e. The molecule has 0 aliphatic rings. The zero-order chi connectivity index (χ0) is 10.3. The highest BCUT2D eigenvalue weighted by Gasteiger charge is 2.09. The van der Waals surface area contributed by atoms with Gasteiger partial charge >= 0.3 is 0 Å². The summed E-state index contributed by atoms with van der Waals surface area (Å²) in [6.07, 6.45) is 2.49. The summed E-state index contributed by atoms with van der Waals surface area (Å²) in [5, 5.41) is 4.21. The lowest BCUT2D eigenvalue weighted by atomic mass is 10.2. The first-order chi connectivity index (χ1) is 6.65. The fourth-order valence-electron chi connectivity index (χ4n) is 1.73. The Bertz CT molecular complexity index is 536. The number of hydrogen-bond acceptors (Lipinski definition) is 2. The molecule has 0 atom stereocenters. The summed E-state index contributed by atoms with van der Waals surface area (Å²) in [6.45, 7) is 5.83. The summed E-state index contributed by atoms with van der Waals surface area (Å²) >= 11 is 0. The Morgan fingerprint density at radius 1 is 1.50 bits per heavy atom. The Balaban J connectivity index is 2.95. The second-order valence-electron chi connectivity index (χ2n) is 3.46. The third-order valence-electron chi connectivity index (χ3n) is 2.57. The molecule has 0 aromatic carbocycles. The lowest BCUT2D eigenvalue weighted by Crippen LogP contribution is -2.17. The highest BCUT2D eigenvalue weighted by molar-refractivity contribution is 5.46. The van der Waals surface area contributed by atoms with Crippen LogP contribution in [0.4, 0.5) is 0 Å². The lowest BCUT2D eigenvalue weighted by Gasteiger charge is -2.04. The average molecular weight is 191 g/mol. The second-order valence-corrected chi connectivity index (χ2v) is 3.46. The maximum atomic E-state index is 11.6. The van der Waals surface area contributed by atoms with E-state index in [0.717, 1.165) is 28.9 Å². The topological polar surface area (TPSA) is 50.2 Å². The minimum atomic E-state index is 0.00102. The fraction of sp³-hybridized carbons (Fsp3) is 0.400. The van der Waals surface area contributed by atoms with E-state index < -0.39 is 0 Å². The standard InChI is InChI=1S/C10H13N3O/c1-4-8-7(3)13-9(12-10(8)14)6(2)5-11-13/h5H,4H2,1-3H3,(H,12,14). The molecule has 14 heavy (non-hydrogen) atoms. The average Bonchev–Trinajstić information content (AvgIpc) is 2.49. The minimum Gasteiger partial charge on any atom is -0.306 e. The van der Waals surface area contributed by atoms with Gasteiger partial charge in [0.25, 0.3) is 5.56 Å². The molecule has 1 N–H and O–H groups in total. The number of hydrogen-bond donors (Lipinski definition) is 1. The molecule has 2 aromatic heterocycles. The van der Waals surface area contributed by atoms with Crippen LogP contribution in [0, 0.1) is 13.8 Å². The Morgan fingerprint density at radius 2 is 2.21 bits per heavy atom. The van der Waals surface area contributed by atoms with Crippen LogP contribution in [0.5, 0.6) is 0 Å². The molecule has 0 saturated heterocycles. The first kappa shape index (κ1) is 8.99. The van der Waals surface area contributed by atoms with Crippen molar-refractivity contribution in [3.8, 4) is 0 Å². The summed E-state index contributed by atoms with van der Waals surface area (Å²) in [5.74, 6) is 0. The predicted octanol–water partition coefficient (Wildman–Crippen LogP) is 1.20. The number of rotatable bonds is 1. The van der Waals surface area contributed by atoms with Crippen molar-refractivity contribution in [2.75, 3.05) is 0 Å². The van der Waals surface area contributed by atoms with Crippen molar-refractivity contribution >= 4 is 5.65 Å². The number of aromatic nitrogens is 3. The van der Waals surface area contributed by atoms with E-state index >= 15 is 0 Å². The van der Waals surface area contributed by atoms with Gasteiger partial charge in [0, 0.05) is 16.8 Å². The zero-order valence-corrected chi connectivity index (χ0v) is 8.59. The molecule has 0 bridgehead atoms. The maximum absolute atomic E-state index is 11.6. The zero-order valence-electron chi connectivity index (χ0n) is 8.59. The number of nitrogens with one attached hydrogen (secondary N) is 1. The molecular formula is C10H13N3O. The normalized spacial score (nSPS) is 11.1. The third-order valence-corrected chi connectivity index (χ3v) is 2.57. The van der Waals surface area contributed by atoms with Crippen molar-refractivity contribution in [2.45, 2.75) is 27.2 Å². The van der Waals surface area contributed by atoms with Crippen molar-refractivity contribution in [3.63, 3.8) is 0 Å². The molecule has 0 amide bonds. The highest BCUT2D eigenvalue weighted by Crippen LogP contribution is 2.09. The van der Waals surface area contributed by atoms with Crippen LogP contribution in [0.2, 0.25) is 0 Å². The smallest absolute Gasteiger partial charge is 0.254 e. The monoisotopic (exact) mass is 191 g/mol. The number of nitrogens with zero attached hydrogens (tertiary/aromatic N) is 2. The van der Waals surface area contributed by atoms with Gasteiger partial charge in [-0.3, -0.25) is 4.79 Å². The molecule has 0 unspecified atom stereocenters. The molecule has 0 radical (unpaired) electrons. The summed E-state index contributed by atoms with van der Waals surface area (Å²) in [6, 6.07) is 0. The van der Waals surface area contributed by atoms with E-state index in [2.05, 4.69) is 10.1 Å². The number of H-pyrrole nitrogens is 1. The summed E-state index contributed by atoms with van der Waals surface area (Å²) < 4.78 is 1.79. The van der Waals surface area contributed by atoms with Crippen molar-refractivity contribution in [1.82, 2.24) is 14.6 Å². The summed E-state index contributed by atoms with van der Waals surface area (Å²) in [5.41, 5.74) is 3.53. The molecule has 2 aromatic rings. The van der Waals surface area contributed by atoms with Crippen molar-refractivity contribution in [1.29, 1.82) is 0 Å². The Hall–Kier alpha value is -1.58. The number of aromatic amines is 1. The SMILES string of the molecule is CCc1c(C)n2ncc(C)c2[nH]c1=O. The van der Waals surface area contributed by atoms with Crippen LogP contribution in [0.3, 0.4) is 0 Å². The van der Waals surface area contributed by atoms with E-state index in [1.807, 2.05) is 20.8 Å². The van der Waals surface area contributed by atoms with E-state index in [1.165, 1.54) is 0 Å². The van der Waals surface area contributed by atoms with Gasteiger partial charge in [-0.1, -0.05) is 6.92 Å². The molecule has 0 saturated carbocycles. The van der Waals surface area contributed by atoms with Crippen LogP contribution < -0.4 is 5.56 Å². The summed E-state index contributed by atoms with van der Waals surface area (Å²) in [7, 11) is 0. The van der Waals surface area contributed by atoms with Crippen LogP contribution in [0.15, 0.2) is 11.0 Å². The van der Waals surface area contributed by atoms with E-state index in [9.17, 15) is 4.79 Å². The molecule has 4 heteroatoms. The van der Waals surface area contributed by atoms with Gasteiger partial charge in [-0.2, -0.15) is 5.10 Å². The number of aryl methyl sites for hydroxylation is 2. The van der Waals surface area contributed by atoms with Gasteiger partial charge in [0.05, 0.1) is 6.20 Å². The minimum absolute atomic E-state index is 0.00102. The number of fused-ring (bicyclic) bond motifs is 1. The molecule has 0 spiro atoms. The van der Waals surface area contributed by atoms with Crippen molar-refractivity contribution < 1.29 is 0 Å². The van der Waals surface area contributed by atoms with Crippen LogP contribution in [-0.2, 0) is 6.42 Å². The first-order valence-electron chi connectivity index (χ1n) is 4.71. The molecule has 0 fully saturated rings. The van der Waals surface area contributed by atoms with E-state index in [1.54, 1.807) is 10.7 Å². The van der Waals surface area contributed by atoms with Gasteiger partial charge < -0.3 is 4.98 Å². The largest absolute Gasteiger partial charge is 0.306 e. The Morgan fingerprint density at radius 3 is 2.86 bits per heavy atom. The van der Waals surface area contributed by atoms with Crippen LogP contribution in [0.25, 0.3) is 5.65 Å². The van der Waals surface area contributed by atoms with Gasteiger partial charge in [-0.15, -0.1) is 0 Å². The molecule has 2 heterocycles. The molecule has 74 valence electrons. The Kier molecular flexibility index (Phi) is 1.91. The Labute approximate surface area is 81.6 Å². The van der Waals surface area contributed by atoms with E-state index in [4.69, 9.17) is 0 Å². The molecule has 0 aliphatic heterocycles. The second kappa shape index (κ2) is 2.97. The van der Waals surface area contributed by atoms with Crippen LogP contribution >= 0.6 is 0 Å². The van der Waals surface area contributed by atoms with Crippen molar-refractivity contribution in [3.05, 3.63) is 33.4 Å². The van der Waals surface area contributed by atoms with Crippen LogP contribution in [-0.4, -0.2) is 14.6 Å². The third kappa shape index (κ3) is 1.07. The predicted molar refractivity (Wildman–Crippen MR) is 54.7 cm³/mol. The first-order valence-corrected chi connectivity index (χ1v) is 4.71. The molecular weight excluding hydrogens is 178 g/mol. The van der Waals surface area contributed by atoms with Crippen molar-refractivity contribution in [2.24, 2.45) is 0 Å². The summed E-state index contributed by atoms with van der Waals surface area (Å²) in [4.78, 5) is 14.5. The lowest BCUT2D eigenvalue weighted by molar-refractivity contribution is 0.851. The van der Waals surface area contributed by atoms with Gasteiger partial charge in [-0.05, 0) is 20.3 Å². The van der Waals surface area contributed by atoms with Gasteiger partial charge in [0.1, 0.15) is 5.65 Å². The molecule has 0 aliphatic carbocycles. The van der Waals surface area contributed by atoms with Gasteiger partial charge in [0.15, 0.2) is 0 Å². The van der Waals surface area contributed by atoms with E-state index in [0.29, 0.717) is 0 Å². The molecule has 2 rings (SSSR count). The quantitative estimate of drug-likeness (QED) is 0.736.